The Morgan fingerprint density at radius 2 is 1.80 bits per heavy atom. The van der Waals surface area contributed by atoms with Gasteiger partial charge in [-0.2, -0.15) is 0 Å². The number of cyclic esters (lactones) is 1. The molecule has 158 valence electrons. The number of fused-ring (bicyclic) bond motifs is 3. The summed E-state index contributed by atoms with van der Waals surface area (Å²) in [6.07, 6.45) is 0.306. The summed E-state index contributed by atoms with van der Waals surface area (Å²) < 4.78 is 33.8. The molecule has 3 aliphatic heterocycles. The van der Waals surface area contributed by atoms with Gasteiger partial charge in [0.25, 0.3) is 0 Å². The molecule has 8 nitrogen and oxygen atoms in total. The van der Waals surface area contributed by atoms with Gasteiger partial charge < -0.3 is 28.4 Å². The lowest BCUT2D eigenvalue weighted by Gasteiger charge is -2.38. The van der Waals surface area contributed by atoms with Gasteiger partial charge in [-0.3, -0.25) is 4.90 Å². The Labute approximate surface area is 174 Å². The van der Waals surface area contributed by atoms with E-state index in [9.17, 15) is 4.79 Å². The molecule has 0 N–H and O–H groups in total. The number of ether oxygens (including phenoxy) is 6. The minimum atomic E-state index is -0.523. The first-order valence-electron chi connectivity index (χ1n) is 9.73. The average Bonchev–Trinajstić information content (AvgIpc) is 3.35. The lowest BCUT2D eigenvalue weighted by atomic mass is 9.85. The fourth-order valence-corrected chi connectivity index (χ4v) is 4.63. The highest BCUT2D eigenvalue weighted by molar-refractivity contribution is 5.95. The quantitative estimate of drug-likeness (QED) is 0.709. The van der Waals surface area contributed by atoms with Crippen LogP contribution in [0.2, 0.25) is 0 Å². The Hall–Kier alpha value is -3.13. The van der Waals surface area contributed by atoms with E-state index in [0.29, 0.717) is 34.3 Å². The van der Waals surface area contributed by atoms with E-state index in [1.165, 1.54) is 0 Å². The van der Waals surface area contributed by atoms with Crippen molar-refractivity contribution in [3.8, 4) is 28.7 Å². The van der Waals surface area contributed by atoms with Crippen LogP contribution in [0.15, 0.2) is 18.2 Å². The smallest absolute Gasteiger partial charge is 0.339 e. The van der Waals surface area contributed by atoms with Gasteiger partial charge in [0.1, 0.15) is 6.10 Å². The normalized spacial score (nSPS) is 21.7. The summed E-state index contributed by atoms with van der Waals surface area (Å²) in [6, 6.07) is 5.26. The Morgan fingerprint density at radius 3 is 2.53 bits per heavy atom. The van der Waals surface area contributed by atoms with Gasteiger partial charge in [-0.25, -0.2) is 4.79 Å². The van der Waals surface area contributed by atoms with Crippen LogP contribution in [0.4, 0.5) is 0 Å². The molecule has 0 fully saturated rings. The number of nitrogens with zero attached hydrogens (tertiary/aromatic N) is 1. The first kappa shape index (κ1) is 18.9. The van der Waals surface area contributed by atoms with Crippen molar-refractivity contribution in [2.45, 2.75) is 18.6 Å². The minimum Gasteiger partial charge on any atom is -0.493 e. The molecular formula is C22H23NO7. The van der Waals surface area contributed by atoms with E-state index < -0.39 is 6.10 Å². The number of rotatable bonds is 4. The topological polar surface area (TPSA) is 75.7 Å². The highest BCUT2D eigenvalue weighted by atomic mass is 16.7. The number of carbonyl (C=O) groups is 1. The molecule has 30 heavy (non-hydrogen) atoms. The van der Waals surface area contributed by atoms with E-state index in [4.69, 9.17) is 28.4 Å². The zero-order chi connectivity index (χ0) is 21.0. The van der Waals surface area contributed by atoms with Crippen molar-refractivity contribution in [3.05, 3.63) is 40.5 Å². The average molecular weight is 413 g/mol. The van der Waals surface area contributed by atoms with Gasteiger partial charge in [-0.05, 0) is 37.2 Å². The van der Waals surface area contributed by atoms with Crippen LogP contribution in [0.25, 0.3) is 0 Å². The summed E-state index contributed by atoms with van der Waals surface area (Å²) in [7, 11) is 6.75. The van der Waals surface area contributed by atoms with Gasteiger partial charge in [-0.15, -0.1) is 0 Å². The van der Waals surface area contributed by atoms with Crippen molar-refractivity contribution >= 4 is 5.97 Å². The molecule has 0 saturated heterocycles. The highest BCUT2D eigenvalue weighted by Gasteiger charge is 2.45. The Kier molecular flexibility index (Phi) is 4.39. The predicted octanol–water partition coefficient (Wildman–Crippen LogP) is 2.88. The first-order valence-corrected chi connectivity index (χ1v) is 9.73. The molecule has 0 unspecified atom stereocenters. The van der Waals surface area contributed by atoms with Crippen LogP contribution in [-0.2, 0) is 11.2 Å². The summed E-state index contributed by atoms with van der Waals surface area (Å²) in [5, 5.41) is 0. The van der Waals surface area contributed by atoms with E-state index in [2.05, 4.69) is 4.90 Å². The van der Waals surface area contributed by atoms with Crippen LogP contribution in [0.5, 0.6) is 28.7 Å². The van der Waals surface area contributed by atoms with E-state index >= 15 is 0 Å². The molecule has 5 rings (SSSR count). The summed E-state index contributed by atoms with van der Waals surface area (Å²) in [4.78, 5) is 14.9. The lowest BCUT2D eigenvalue weighted by molar-refractivity contribution is 0.00878. The fourth-order valence-electron chi connectivity index (χ4n) is 4.63. The van der Waals surface area contributed by atoms with Crippen molar-refractivity contribution in [1.82, 2.24) is 4.90 Å². The number of benzene rings is 2. The predicted molar refractivity (Wildman–Crippen MR) is 106 cm³/mol. The molecule has 0 aromatic heterocycles. The molecule has 2 atom stereocenters. The third kappa shape index (κ3) is 2.60. The van der Waals surface area contributed by atoms with Crippen LogP contribution in [0, 0.1) is 0 Å². The fraction of sp³-hybridized carbons (Fsp3) is 0.409. The van der Waals surface area contributed by atoms with Crippen molar-refractivity contribution in [2.24, 2.45) is 0 Å². The largest absolute Gasteiger partial charge is 0.493 e. The molecule has 0 radical (unpaired) electrons. The van der Waals surface area contributed by atoms with E-state index in [-0.39, 0.29) is 18.8 Å². The monoisotopic (exact) mass is 413 g/mol. The number of esters is 1. The third-order valence-electron chi connectivity index (χ3n) is 6.06. The molecule has 2 aromatic rings. The van der Waals surface area contributed by atoms with Crippen LogP contribution in [0.1, 0.15) is 39.2 Å². The molecule has 0 aliphatic carbocycles. The summed E-state index contributed by atoms with van der Waals surface area (Å²) in [6.45, 7) is 0.963. The molecule has 0 bridgehead atoms. The van der Waals surface area contributed by atoms with Gasteiger partial charge in [0.05, 0.1) is 32.9 Å². The molecule has 8 heteroatoms. The van der Waals surface area contributed by atoms with Crippen molar-refractivity contribution in [2.75, 3.05) is 41.7 Å². The Morgan fingerprint density at radius 1 is 1.03 bits per heavy atom. The Bertz CT molecular complexity index is 1030. The summed E-state index contributed by atoms with van der Waals surface area (Å²) in [5.74, 6) is 2.57. The number of carbonyl (C=O) groups excluding carboxylic acids is 1. The minimum absolute atomic E-state index is 0.160. The molecule has 0 spiro atoms. The molecule has 2 aromatic carbocycles. The zero-order valence-electron chi connectivity index (χ0n) is 17.3. The van der Waals surface area contributed by atoms with Crippen LogP contribution in [-0.4, -0.2) is 52.6 Å². The lowest BCUT2D eigenvalue weighted by Crippen LogP contribution is -2.36. The summed E-state index contributed by atoms with van der Waals surface area (Å²) in [5.41, 5.74) is 3.31. The second-order valence-corrected chi connectivity index (χ2v) is 7.51. The van der Waals surface area contributed by atoms with Crippen LogP contribution < -0.4 is 23.7 Å². The molecule has 3 heterocycles. The van der Waals surface area contributed by atoms with Gasteiger partial charge in [0, 0.05) is 17.7 Å². The van der Waals surface area contributed by atoms with E-state index in [0.717, 1.165) is 29.7 Å². The second kappa shape index (κ2) is 6.98. The summed E-state index contributed by atoms with van der Waals surface area (Å²) >= 11 is 0. The first-order chi connectivity index (χ1) is 14.6. The van der Waals surface area contributed by atoms with Gasteiger partial charge in [0.2, 0.25) is 12.5 Å². The van der Waals surface area contributed by atoms with E-state index in [1.54, 1.807) is 27.4 Å². The third-order valence-corrected chi connectivity index (χ3v) is 6.06. The van der Waals surface area contributed by atoms with Crippen molar-refractivity contribution in [1.29, 1.82) is 0 Å². The van der Waals surface area contributed by atoms with Crippen LogP contribution >= 0.6 is 0 Å². The standard InChI is InChI=1S/C22H23NO7/c1-23-6-5-11-7-16-20(29-10-28-16)21(27-4)17(11)18(23)19-12-8-14(25-2)15(26-3)9-13(12)22(24)30-19/h7-9,18-19H,5-6,10H2,1-4H3/t18-,19+/m1/s1. The maximum Gasteiger partial charge on any atom is 0.339 e. The second-order valence-electron chi connectivity index (χ2n) is 7.51. The van der Waals surface area contributed by atoms with Crippen molar-refractivity contribution in [3.63, 3.8) is 0 Å². The molecular weight excluding hydrogens is 390 g/mol. The molecule has 3 aliphatic rings. The van der Waals surface area contributed by atoms with E-state index in [1.807, 2.05) is 19.2 Å². The van der Waals surface area contributed by atoms with Crippen LogP contribution in [0.3, 0.4) is 0 Å². The maximum atomic E-state index is 12.7. The number of hydrogen-bond donors (Lipinski definition) is 0. The Balaban J connectivity index is 1.68. The maximum absolute atomic E-state index is 12.7. The number of methoxy groups -OCH3 is 3. The number of likely N-dealkylation sites (N-methyl/N-ethyl adjacent to an activating group) is 1. The molecule has 0 amide bonds. The molecule has 0 saturated carbocycles. The van der Waals surface area contributed by atoms with Gasteiger partial charge in [-0.1, -0.05) is 0 Å². The SMILES string of the molecule is COc1cc2c(cc1OC)[C@@H]([C@H]1c3c(cc4c(c3OC)OCO4)CCN1C)OC2=O. The zero-order valence-corrected chi connectivity index (χ0v) is 17.3. The van der Waals surface area contributed by atoms with Crippen molar-refractivity contribution < 1.29 is 33.2 Å². The number of hydrogen-bond acceptors (Lipinski definition) is 8. The van der Waals surface area contributed by atoms with Gasteiger partial charge in [0.15, 0.2) is 23.0 Å². The van der Waals surface area contributed by atoms with Gasteiger partial charge >= 0.3 is 5.97 Å². The highest BCUT2D eigenvalue weighted by Crippen LogP contribution is 2.54.